The lowest BCUT2D eigenvalue weighted by molar-refractivity contribution is -0.146. The maximum absolute atomic E-state index is 13.4. The summed E-state index contributed by atoms with van der Waals surface area (Å²) in [5.74, 6) is 0.117. The second kappa shape index (κ2) is 9.77. The van der Waals surface area contributed by atoms with Gasteiger partial charge in [-0.2, -0.15) is 0 Å². The number of hydrogen-bond acceptors (Lipinski definition) is 6. The van der Waals surface area contributed by atoms with E-state index in [0.29, 0.717) is 25.7 Å². The molecule has 1 saturated carbocycles. The van der Waals surface area contributed by atoms with Crippen molar-refractivity contribution < 1.29 is 14.3 Å². The summed E-state index contributed by atoms with van der Waals surface area (Å²) in [6.07, 6.45) is 9.32. The number of anilines is 1. The van der Waals surface area contributed by atoms with Crippen LogP contribution < -0.4 is 10.2 Å². The van der Waals surface area contributed by atoms with Gasteiger partial charge in [-0.25, -0.2) is 4.98 Å². The molecule has 1 N–H and O–H groups in total. The van der Waals surface area contributed by atoms with E-state index >= 15 is 0 Å². The van der Waals surface area contributed by atoms with Crippen molar-refractivity contribution >= 4 is 22.6 Å². The molecule has 1 aliphatic carbocycles. The highest BCUT2D eigenvalue weighted by atomic mass is 16.5. The molecule has 8 heteroatoms. The van der Waals surface area contributed by atoms with E-state index in [0.717, 1.165) is 57.7 Å². The minimum Gasteiger partial charge on any atom is -0.385 e. The van der Waals surface area contributed by atoms with Crippen LogP contribution in [0.1, 0.15) is 37.7 Å². The van der Waals surface area contributed by atoms with E-state index in [1.807, 2.05) is 6.20 Å². The molecule has 8 nitrogen and oxygen atoms in total. The number of methoxy groups -OCH3 is 1. The Kier molecular flexibility index (Phi) is 6.62. The number of aryl methyl sites for hydroxylation is 1. The maximum Gasteiger partial charge on any atom is 0.253 e. The van der Waals surface area contributed by atoms with Gasteiger partial charge >= 0.3 is 0 Å². The lowest BCUT2D eigenvalue weighted by Crippen LogP contribution is -2.49. The summed E-state index contributed by atoms with van der Waals surface area (Å²) in [6.45, 7) is 6.36. The number of nitrogens with one attached hydrogen (secondary N) is 1. The standard InChI is InChI=1S/C24H35N5O3/c1-31-13-4-12-28-16-18(22-20(7-8-26-23(22)28)27-10-2-3-11-27)17-29(19-5-6-19)24(30)21-15-25-9-14-32-21/h7-8,16,19,21,25H,2-6,9-15,17H2,1H3. The van der Waals surface area contributed by atoms with Gasteiger partial charge in [0.2, 0.25) is 0 Å². The van der Waals surface area contributed by atoms with Crippen molar-refractivity contribution in [1.82, 2.24) is 19.8 Å². The molecule has 5 rings (SSSR count). The number of amides is 1. The van der Waals surface area contributed by atoms with Crippen LogP contribution in [0.3, 0.4) is 0 Å². The van der Waals surface area contributed by atoms with Crippen LogP contribution in [-0.2, 0) is 27.4 Å². The summed E-state index contributed by atoms with van der Waals surface area (Å²) in [5, 5.41) is 4.50. The number of ether oxygens (including phenoxy) is 2. The summed E-state index contributed by atoms with van der Waals surface area (Å²) >= 11 is 0. The fourth-order valence-electron chi connectivity index (χ4n) is 5.04. The zero-order valence-electron chi connectivity index (χ0n) is 19.1. The number of nitrogens with zero attached hydrogens (tertiary/aromatic N) is 4. The van der Waals surface area contributed by atoms with Crippen molar-refractivity contribution in [2.24, 2.45) is 0 Å². The normalized spacial score (nSPS) is 21.4. The van der Waals surface area contributed by atoms with Gasteiger partial charge in [0.1, 0.15) is 11.8 Å². The van der Waals surface area contributed by atoms with Crippen LogP contribution in [0.4, 0.5) is 5.69 Å². The van der Waals surface area contributed by atoms with Gasteiger partial charge in [0.15, 0.2) is 0 Å². The molecular weight excluding hydrogens is 406 g/mol. The minimum absolute atomic E-state index is 0.117. The SMILES string of the molecule is COCCCn1cc(CN(C(=O)C2CNCCO2)C2CC2)c2c(N3CCCC3)ccnc21. The third-order valence-electron chi connectivity index (χ3n) is 6.82. The Labute approximate surface area is 189 Å². The lowest BCUT2D eigenvalue weighted by atomic mass is 10.1. The molecule has 3 aliphatic rings. The second-order valence-corrected chi connectivity index (χ2v) is 9.18. The maximum atomic E-state index is 13.4. The highest BCUT2D eigenvalue weighted by Gasteiger charge is 2.37. The van der Waals surface area contributed by atoms with Crippen LogP contribution >= 0.6 is 0 Å². The smallest absolute Gasteiger partial charge is 0.253 e. The molecule has 1 atom stereocenters. The number of carbonyl (C=O) groups is 1. The van der Waals surface area contributed by atoms with Crippen LogP contribution in [-0.4, -0.2) is 79.0 Å². The fraction of sp³-hybridized carbons (Fsp3) is 0.667. The van der Waals surface area contributed by atoms with E-state index < -0.39 is 0 Å². The van der Waals surface area contributed by atoms with Crippen LogP contribution in [0.25, 0.3) is 11.0 Å². The van der Waals surface area contributed by atoms with Crippen LogP contribution in [0.15, 0.2) is 18.5 Å². The van der Waals surface area contributed by atoms with Gasteiger partial charge in [0.05, 0.1) is 6.61 Å². The highest BCUT2D eigenvalue weighted by Crippen LogP contribution is 2.36. The number of hydrogen-bond donors (Lipinski definition) is 1. The average molecular weight is 442 g/mol. The summed E-state index contributed by atoms with van der Waals surface area (Å²) < 4.78 is 13.3. The zero-order valence-corrected chi connectivity index (χ0v) is 19.1. The first-order valence-electron chi connectivity index (χ1n) is 12.1. The minimum atomic E-state index is -0.379. The first kappa shape index (κ1) is 21.7. The third kappa shape index (κ3) is 4.49. The molecule has 0 aromatic carbocycles. The van der Waals surface area contributed by atoms with E-state index in [1.54, 1.807) is 7.11 Å². The van der Waals surface area contributed by atoms with Gasteiger partial charge in [-0.05, 0) is 38.2 Å². The Balaban J connectivity index is 1.48. The van der Waals surface area contributed by atoms with Crippen LogP contribution in [0, 0.1) is 0 Å². The van der Waals surface area contributed by atoms with Crippen molar-refractivity contribution in [3.05, 3.63) is 24.0 Å². The Hall–Kier alpha value is -2.16. The summed E-state index contributed by atoms with van der Waals surface area (Å²) in [6, 6.07) is 2.47. The molecule has 2 aliphatic heterocycles. The molecule has 1 unspecified atom stereocenters. The van der Waals surface area contributed by atoms with Crippen LogP contribution in [0.5, 0.6) is 0 Å². The largest absolute Gasteiger partial charge is 0.385 e. The van der Waals surface area contributed by atoms with Crippen molar-refractivity contribution in [1.29, 1.82) is 0 Å². The first-order valence-corrected chi connectivity index (χ1v) is 12.1. The molecule has 2 aromatic rings. The Morgan fingerprint density at radius 2 is 2.19 bits per heavy atom. The van der Waals surface area contributed by atoms with Gasteiger partial charge in [0, 0.05) is 88.1 Å². The molecule has 2 aromatic heterocycles. The average Bonchev–Trinajstić information content (AvgIpc) is 3.40. The van der Waals surface area contributed by atoms with E-state index in [2.05, 4.69) is 31.9 Å². The fourth-order valence-corrected chi connectivity index (χ4v) is 5.04. The van der Waals surface area contributed by atoms with E-state index in [-0.39, 0.29) is 12.0 Å². The molecule has 3 fully saturated rings. The molecule has 0 spiro atoms. The van der Waals surface area contributed by atoms with Crippen molar-refractivity contribution in [3.8, 4) is 0 Å². The van der Waals surface area contributed by atoms with Crippen molar-refractivity contribution in [2.45, 2.75) is 57.3 Å². The number of rotatable bonds is 9. The lowest BCUT2D eigenvalue weighted by Gasteiger charge is -2.30. The van der Waals surface area contributed by atoms with Crippen molar-refractivity contribution in [3.63, 3.8) is 0 Å². The van der Waals surface area contributed by atoms with E-state index in [1.165, 1.54) is 29.5 Å². The highest BCUT2D eigenvalue weighted by molar-refractivity contribution is 5.94. The van der Waals surface area contributed by atoms with E-state index in [4.69, 9.17) is 14.5 Å². The summed E-state index contributed by atoms with van der Waals surface area (Å²) in [7, 11) is 1.74. The number of aromatic nitrogens is 2. The topological polar surface area (TPSA) is 71.9 Å². The predicted octanol–water partition coefficient (Wildman–Crippen LogP) is 2.15. The van der Waals surface area contributed by atoms with Gasteiger partial charge < -0.3 is 29.2 Å². The molecule has 2 saturated heterocycles. The quantitative estimate of drug-likeness (QED) is 0.602. The second-order valence-electron chi connectivity index (χ2n) is 9.18. The van der Waals surface area contributed by atoms with E-state index in [9.17, 15) is 4.79 Å². The third-order valence-corrected chi connectivity index (χ3v) is 6.82. The predicted molar refractivity (Wildman–Crippen MR) is 124 cm³/mol. The van der Waals surface area contributed by atoms with Gasteiger partial charge in [-0.3, -0.25) is 4.79 Å². The molecule has 4 heterocycles. The zero-order chi connectivity index (χ0) is 21.9. The van der Waals surface area contributed by atoms with Crippen molar-refractivity contribution in [2.75, 3.05) is 51.4 Å². The number of fused-ring (bicyclic) bond motifs is 1. The molecule has 0 bridgehead atoms. The Morgan fingerprint density at radius 3 is 2.91 bits per heavy atom. The van der Waals surface area contributed by atoms with Gasteiger partial charge in [-0.1, -0.05) is 0 Å². The molecule has 0 radical (unpaired) electrons. The number of carbonyl (C=O) groups excluding carboxylic acids is 1. The molecule has 1 amide bonds. The van der Waals surface area contributed by atoms with Gasteiger partial charge in [-0.15, -0.1) is 0 Å². The monoisotopic (exact) mass is 441 g/mol. The van der Waals surface area contributed by atoms with Crippen LogP contribution in [0.2, 0.25) is 0 Å². The van der Waals surface area contributed by atoms with Gasteiger partial charge in [0.25, 0.3) is 5.91 Å². The number of pyridine rings is 1. The summed E-state index contributed by atoms with van der Waals surface area (Å²) in [5.41, 5.74) is 3.46. The molecular formula is C24H35N5O3. The summed E-state index contributed by atoms with van der Waals surface area (Å²) in [4.78, 5) is 22.7. The number of morpholine rings is 1. The molecule has 32 heavy (non-hydrogen) atoms. The Bertz CT molecular complexity index is 929. The first-order chi connectivity index (χ1) is 15.8. The molecule has 174 valence electrons. The Morgan fingerprint density at radius 1 is 1.34 bits per heavy atom.